The highest BCUT2D eigenvalue weighted by Gasteiger charge is 2.45. The van der Waals surface area contributed by atoms with Gasteiger partial charge >= 0.3 is 0 Å². The Morgan fingerprint density at radius 3 is 2.78 bits per heavy atom. The van der Waals surface area contributed by atoms with Gasteiger partial charge in [0, 0.05) is 44.2 Å². The molecule has 5 heteroatoms. The van der Waals surface area contributed by atoms with Gasteiger partial charge in [-0.15, -0.1) is 0 Å². The lowest BCUT2D eigenvalue weighted by atomic mass is 10.0. The molecular weight excluding hydrogens is 295 g/mol. The summed E-state index contributed by atoms with van der Waals surface area (Å²) in [6, 6.07) is 8.46. The lowest BCUT2D eigenvalue weighted by Crippen LogP contribution is -2.32. The van der Waals surface area contributed by atoms with E-state index in [0.717, 1.165) is 37.3 Å². The van der Waals surface area contributed by atoms with E-state index >= 15 is 0 Å². The molecule has 0 bridgehead atoms. The highest BCUT2D eigenvalue weighted by atomic mass is 19.1. The molecule has 0 spiro atoms. The van der Waals surface area contributed by atoms with Gasteiger partial charge < -0.3 is 9.32 Å². The van der Waals surface area contributed by atoms with Crippen LogP contribution in [0.1, 0.15) is 11.1 Å². The molecule has 0 radical (unpaired) electrons. The molecule has 120 valence electrons. The van der Waals surface area contributed by atoms with Crippen LogP contribution in [-0.2, 0) is 17.9 Å². The number of nitrogens with zero attached hydrogens (tertiary/aromatic N) is 2. The van der Waals surface area contributed by atoms with E-state index in [1.165, 1.54) is 12.1 Å². The largest absolute Gasteiger partial charge is 0.472 e. The molecule has 3 heterocycles. The molecule has 1 amide bonds. The van der Waals surface area contributed by atoms with Crippen molar-refractivity contribution in [2.45, 2.75) is 13.1 Å². The summed E-state index contributed by atoms with van der Waals surface area (Å²) in [6.45, 7) is 3.84. The smallest absolute Gasteiger partial charge is 0.227 e. The third kappa shape index (κ3) is 2.88. The molecule has 1 aromatic carbocycles. The van der Waals surface area contributed by atoms with E-state index in [4.69, 9.17) is 4.42 Å². The molecule has 0 unspecified atom stereocenters. The van der Waals surface area contributed by atoms with Crippen molar-refractivity contribution in [3.8, 4) is 0 Å². The number of fused-ring (bicyclic) bond motifs is 1. The number of hydrogen-bond acceptors (Lipinski definition) is 3. The van der Waals surface area contributed by atoms with Crippen LogP contribution in [0.2, 0.25) is 0 Å². The Hall–Kier alpha value is -2.14. The standard InChI is InChI=1S/C18H19FN2O2/c19-16-3-1-2-13(6-16)8-21-10-15-9-20(11-17(15)18(21)22)7-14-4-5-23-12-14/h1-6,12,15,17H,7-11H2/t15-,17-/m1/s1. The SMILES string of the molecule is O=C1[C@@H]2CN(Cc3ccoc3)C[C@@H]2CN1Cc1cccc(F)c1. The van der Waals surface area contributed by atoms with Gasteiger partial charge in [0.15, 0.2) is 0 Å². The second-order valence-electron chi connectivity index (χ2n) is 6.54. The van der Waals surface area contributed by atoms with Gasteiger partial charge in [-0.05, 0) is 23.8 Å². The topological polar surface area (TPSA) is 36.7 Å². The van der Waals surface area contributed by atoms with Crippen LogP contribution in [0.15, 0.2) is 47.3 Å². The zero-order chi connectivity index (χ0) is 15.8. The van der Waals surface area contributed by atoms with E-state index in [-0.39, 0.29) is 17.6 Å². The number of amides is 1. The minimum absolute atomic E-state index is 0.0791. The zero-order valence-corrected chi connectivity index (χ0v) is 12.8. The Morgan fingerprint density at radius 2 is 2.04 bits per heavy atom. The zero-order valence-electron chi connectivity index (χ0n) is 12.8. The summed E-state index contributed by atoms with van der Waals surface area (Å²) < 4.78 is 18.4. The van der Waals surface area contributed by atoms with Crippen LogP contribution in [0.4, 0.5) is 4.39 Å². The molecular formula is C18H19FN2O2. The number of furan rings is 1. The molecule has 0 saturated carbocycles. The number of rotatable bonds is 4. The molecule has 23 heavy (non-hydrogen) atoms. The summed E-state index contributed by atoms with van der Waals surface area (Å²) in [5.74, 6) is 0.410. The highest BCUT2D eigenvalue weighted by Crippen LogP contribution is 2.33. The average Bonchev–Trinajstić information content (AvgIpc) is 3.21. The Balaban J connectivity index is 1.38. The Labute approximate surface area is 134 Å². The number of carbonyl (C=O) groups is 1. The maximum Gasteiger partial charge on any atom is 0.227 e. The van der Waals surface area contributed by atoms with Crippen LogP contribution in [0, 0.1) is 17.7 Å². The van der Waals surface area contributed by atoms with Crippen LogP contribution in [0.5, 0.6) is 0 Å². The summed E-state index contributed by atoms with van der Waals surface area (Å²) in [4.78, 5) is 16.8. The minimum atomic E-state index is -0.249. The second kappa shape index (κ2) is 5.81. The molecule has 1 aromatic heterocycles. The van der Waals surface area contributed by atoms with Gasteiger partial charge in [-0.2, -0.15) is 0 Å². The van der Waals surface area contributed by atoms with E-state index < -0.39 is 0 Å². The number of hydrogen-bond donors (Lipinski definition) is 0. The third-order valence-corrected chi connectivity index (χ3v) is 4.85. The molecule has 0 N–H and O–H groups in total. The Morgan fingerprint density at radius 1 is 1.13 bits per heavy atom. The second-order valence-corrected chi connectivity index (χ2v) is 6.54. The maximum absolute atomic E-state index is 13.3. The van der Waals surface area contributed by atoms with E-state index in [2.05, 4.69) is 4.90 Å². The fourth-order valence-electron chi connectivity index (χ4n) is 3.80. The number of likely N-dealkylation sites (tertiary alicyclic amines) is 2. The molecule has 2 atom stereocenters. The molecule has 2 aliphatic heterocycles. The van der Waals surface area contributed by atoms with Crippen LogP contribution in [0.3, 0.4) is 0 Å². The van der Waals surface area contributed by atoms with Crippen LogP contribution >= 0.6 is 0 Å². The van der Waals surface area contributed by atoms with Crippen molar-refractivity contribution in [1.82, 2.24) is 9.80 Å². The maximum atomic E-state index is 13.3. The summed E-state index contributed by atoms with van der Waals surface area (Å²) in [6.07, 6.45) is 3.43. The van der Waals surface area contributed by atoms with E-state index in [9.17, 15) is 9.18 Å². The lowest BCUT2D eigenvalue weighted by Gasteiger charge is -2.21. The molecule has 2 fully saturated rings. The summed E-state index contributed by atoms with van der Waals surface area (Å²) in [7, 11) is 0. The third-order valence-electron chi connectivity index (χ3n) is 4.85. The van der Waals surface area contributed by atoms with Crippen molar-refractivity contribution in [1.29, 1.82) is 0 Å². The molecule has 0 aliphatic carbocycles. The van der Waals surface area contributed by atoms with Gasteiger partial charge in [0.05, 0.1) is 18.4 Å². The number of halogens is 1. The summed E-state index contributed by atoms with van der Waals surface area (Å²) >= 11 is 0. The van der Waals surface area contributed by atoms with Gasteiger partial charge in [-0.1, -0.05) is 12.1 Å². The first kappa shape index (κ1) is 14.5. The average molecular weight is 314 g/mol. The summed E-state index contributed by atoms with van der Waals surface area (Å²) in [5, 5.41) is 0. The summed E-state index contributed by atoms with van der Waals surface area (Å²) in [5.41, 5.74) is 2.00. The van der Waals surface area contributed by atoms with Crippen molar-refractivity contribution < 1.29 is 13.6 Å². The van der Waals surface area contributed by atoms with E-state index in [1.54, 1.807) is 18.6 Å². The number of carbonyl (C=O) groups excluding carboxylic acids is 1. The predicted octanol–water partition coefficient (Wildman–Crippen LogP) is 2.51. The first-order chi connectivity index (χ1) is 11.2. The van der Waals surface area contributed by atoms with Crippen LogP contribution < -0.4 is 0 Å². The monoisotopic (exact) mass is 314 g/mol. The molecule has 4 nitrogen and oxygen atoms in total. The fraction of sp³-hybridized carbons (Fsp3) is 0.389. The van der Waals surface area contributed by atoms with Gasteiger partial charge in [0.25, 0.3) is 0 Å². The van der Waals surface area contributed by atoms with Gasteiger partial charge in [0.2, 0.25) is 5.91 Å². The highest BCUT2D eigenvalue weighted by molar-refractivity contribution is 5.82. The van der Waals surface area contributed by atoms with Crippen LogP contribution in [0.25, 0.3) is 0 Å². The van der Waals surface area contributed by atoms with Crippen molar-refractivity contribution in [3.05, 3.63) is 59.8 Å². The van der Waals surface area contributed by atoms with E-state index in [1.807, 2.05) is 17.0 Å². The first-order valence-electron chi connectivity index (χ1n) is 7.96. The number of benzene rings is 1. The first-order valence-corrected chi connectivity index (χ1v) is 7.96. The molecule has 4 rings (SSSR count). The quantitative estimate of drug-likeness (QED) is 0.870. The molecule has 2 saturated heterocycles. The molecule has 2 aromatic rings. The van der Waals surface area contributed by atoms with Crippen LogP contribution in [-0.4, -0.2) is 35.3 Å². The lowest BCUT2D eigenvalue weighted by molar-refractivity contribution is -0.131. The Kier molecular flexibility index (Phi) is 3.65. The van der Waals surface area contributed by atoms with E-state index in [0.29, 0.717) is 12.5 Å². The predicted molar refractivity (Wildman–Crippen MR) is 82.8 cm³/mol. The van der Waals surface area contributed by atoms with Gasteiger partial charge in [-0.25, -0.2) is 4.39 Å². The van der Waals surface area contributed by atoms with Crippen molar-refractivity contribution in [2.75, 3.05) is 19.6 Å². The fourth-order valence-corrected chi connectivity index (χ4v) is 3.80. The normalized spacial score (nSPS) is 24.4. The van der Waals surface area contributed by atoms with Crippen molar-refractivity contribution in [3.63, 3.8) is 0 Å². The van der Waals surface area contributed by atoms with Crippen molar-refractivity contribution in [2.24, 2.45) is 11.8 Å². The van der Waals surface area contributed by atoms with Crippen molar-refractivity contribution >= 4 is 5.91 Å². The van der Waals surface area contributed by atoms with Gasteiger partial charge in [-0.3, -0.25) is 9.69 Å². The minimum Gasteiger partial charge on any atom is -0.472 e. The molecule has 2 aliphatic rings. The van der Waals surface area contributed by atoms with Gasteiger partial charge in [0.1, 0.15) is 5.82 Å². The Bertz CT molecular complexity index is 701.